The fourth-order valence-corrected chi connectivity index (χ4v) is 3.23. The molecule has 0 spiro atoms. The molecule has 3 aromatic rings. The van der Waals surface area contributed by atoms with Crippen molar-refractivity contribution in [2.24, 2.45) is 0 Å². The number of benzene rings is 1. The molecule has 3 rings (SSSR count). The van der Waals surface area contributed by atoms with E-state index in [9.17, 15) is 0 Å². The molecule has 0 saturated carbocycles. The second-order valence-corrected chi connectivity index (χ2v) is 5.84. The third-order valence-corrected chi connectivity index (χ3v) is 4.43. The lowest BCUT2D eigenvalue weighted by Gasteiger charge is -2.03. The maximum atomic E-state index is 8.96. The minimum atomic E-state index is 0.265. The van der Waals surface area contributed by atoms with Gasteiger partial charge in [0, 0.05) is 6.20 Å². The molecule has 0 atom stereocenters. The summed E-state index contributed by atoms with van der Waals surface area (Å²) in [5, 5.41) is 10.5. The van der Waals surface area contributed by atoms with Crippen molar-refractivity contribution >= 4 is 33.3 Å². The van der Waals surface area contributed by atoms with E-state index in [1.54, 1.807) is 17.5 Å². The van der Waals surface area contributed by atoms with Gasteiger partial charge >= 0.3 is 0 Å². The molecule has 6 heteroatoms. The minimum absolute atomic E-state index is 0.265. The Kier molecular flexibility index (Phi) is 3.63. The summed E-state index contributed by atoms with van der Waals surface area (Å²) in [5.74, 6) is 0. The van der Waals surface area contributed by atoms with Crippen LogP contribution in [-0.2, 0) is 6.42 Å². The first-order valence-electron chi connectivity index (χ1n) is 5.94. The van der Waals surface area contributed by atoms with Crippen molar-refractivity contribution < 1.29 is 0 Å². The van der Waals surface area contributed by atoms with Crippen LogP contribution in [0.5, 0.6) is 0 Å². The zero-order valence-corrected chi connectivity index (χ0v) is 12.3. The molecule has 0 radical (unpaired) electrons. The lowest BCUT2D eigenvalue weighted by molar-refractivity contribution is 0.918. The number of fused-ring (bicyclic) bond motifs is 1. The Morgan fingerprint density at radius 3 is 2.90 bits per heavy atom. The van der Waals surface area contributed by atoms with Crippen molar-refractivity contribution in [3.63, 3.8) is 0 Å². The van der Waals surface area contributed by atoms with Crippen molar-refractivity contribution in [2.45, 2.75) is 11.6 Å². The van der Waals surface area contributed by atoms with Gasteiger partial charge in [0.25, 0.3) is 0 Å². The summed E-state index contributed by atoms with van der Waals surface area (Å²) >= 11 is 3.07. The van der Waals surface area contributed by atoms with Crippen LogP contribution in [0, 0.1) is 11.3 Å². The average Bonchev–Trinajstić information content (AvgIpc) is 2.91. The van der Waals surface area contributed by atoms with Gasteiger partial charge in [0.05, 0.1) is 34.0 Å². The minimum Gasteiger partial charge on any atom is -0.236 e. The van der Waals surface area contributed by atoms with Crippen LogP contribution in [0.3, 0.4) is 0 Å². The number of hydrogen-bond acceptors (Lipinski definition) is 6. The van der Waals surface area contributed by atoms with Crippen LogP contribution in [0.25, 0.3) is 20.8 Å². The van der Waals surface area contributed by atoms with E-state index in [1.165, 1.54) is 11.8 Å². The fraction of sp³-hybridized carbons (Fsp3) is 0.143. The number of hydrogen-bond donors (Lipinski definition) is 0. The molecule has 1 aromatic carbocycles. The molecule has 0 unspecified atom stereocenters. The van der Waals surface area contributed by atoms with Crippen molar-refractivity contribution in [3.8, 4) is 16.6 Å². The van der Waals surface area contributed by atoms with Gasteiger partial charge in [-0.1, -0.05) is 23.9 Å². The van der Waals surface area contributed by atoms with Crippen LogP contribution >= 0.6 is 23.1 Å². The predicted octanol–water partition coefficient (Wildman–Crippen LogP) is 3.54. The topological polar surface area (TPSA) is 62.5 Å². The summed E-state index contributed by atoms with van der Waals surface area (Å²) in [6.07, 6.45) is 3.95. The van der Waals surface area contributed by atoms with E-state index in [0.29, 0.717) is 5.16 Å². The third kappa shape index (κ3) is 2.38. The van der Waals surface area contributed by atoms with E-state index in [1.807, 2.05) is 30.5 Å². The number of thiazole rings is 1. The lowest BCUT2D eigenvalue weighted by atomic mass is 10.2. The molecule has 20 heavy (non-hydrogen) atoms. The molecule has 0 amide bonds. The molecule has 0 aliphatic carbocycles. The Labute approximate surface area is 124 Å². The largest absolute Gasteiger partial charge is 0.236 e. The molecule has 0 bridgehead atoms. The van der Waals surface area contributed by atoms with Gasteiger partial charge in [-0.15, -0.1) is 11.3 Å². The summed E-state index contributed by atoms with van der Waals surface area (Å²) in [7, 11) is 0. The Hall–Kier alpha value is -1.97. The Morgan fingerprint density at radius 1 is 1.30 bits per heavy atom. The Morgan fingerprint density at radius 2 is 2.15 bits per heavy atom. The van der Waals surface area contributed by atoms with Crippen molar-refractivity contribution in [1.29, 1.82) is 5.26 Å². The van der Waals surface area contributed by atoms with E-state index in [4.69, 9.17) is 5.26 Å². The quantitative estimate of drug-likeness (QED) is 0.546. The number of aromatic nitrogens is 3. The van der Waals surface area contributed by atoms with Gasteiger partial charge in [0.1, 0.15) is 5.01 Å². The molecule has 0 aliphatic rings. The first-order valence-corrected chi connectivity index (χ1v) is 7.98. The van der Waals surface area contributed by atoms with Crippen LogP contribution < -0.4 is 0 Å². The highest BCUT2D eigenvalue weighted by molar-refractivity contribution is 7.98. The van der Waals surface area contributed by atoms with E-state index in [-0.39, 0.29) is 6.42 Å². The van der Waals surface area contributed by atoms with Crippen LogP contribution in [-0.4, -0.2) is 21.2 Å². The maximum Gasteiger partial charge on any atom is 0.187 e. The second-order valence-electron chi connectivity index (χ2n) is 4.04. The average molecular weight is 298 g/mol. The van der Waals surface area contributed by atoms with Crippen LogP contribution in [0.2, 0.25) is 0 Å². The van der Waals surface area contributed by atoms with Gasteiger partial charge < -0.3 is 0 Å². The molecule has 0 saturated heterocycles. The molecular formula is C14H10N4S2. The molecule has 2 heterocycles. The van der Waals surface area contributed by atoms with Crippen molar-refractivity contribution in [2.75, 3.05) is 6.26 Å². The first kappa shape index (κ1) is 13.0. The molecule has 4 nitrogen and oxygen atoms in total. The molecule has 0 aliphatic heterocycles. The fourth-order valence-electron chi connectivity index (χ4n) is 1.87. The van der Waals surface area contributed by atoms with Crippen LogP contribution in [0.15, 0.2) is 35.6 Å². The molecular weight excluding hydrogens is 288 g/mol. The smallest absolute Gasteiger partial charge is 0.187 e. The highest BCUT2D eigenvalue weighted by Crippen LogP contribution is 2.31. The van der Waals surface area contributed by atoms with Gasteiger partial charge in [-0.05, 0) is 18.4 Å². The number of nitriles is 1. The summed E-state index contributed by atoms with van der Waals surface area (Å²) in [6.45, 7) is 0. The van der Waals surface area contributed by atoms with Gasteiger partial charge in [-0.2, -0.15) is 5.26 Å². The SMILES string of the molecule is CSc1ncc(-c2nc3ccccc3s2)c(CC#N)n1. The van der Waals surface area contributed by atoms with Crippen LogP contribution in [0.1, 0.15) is 5.69 Å². The van der Waals surface area contributed by atoms with Crippen molar-refractivity contribution in [3.05, 3.63) is 36.2 Å². The highest BCUT2D eigenvalue weighted by atomic mass is 32.2. The van der Waals surface area contributed by atoms with E-state index in [0.717, 1.165) is 26.5 Å². The van der Waals surface area contributed by atoms with E-state index in [2.05, 4.69) is 21.0 Å². The molecule has 2 aromatic heterocycles. The maximum absolute atomic E-state index is 8.96. The normalized spacial score (nSPS) is 10.6. The van der Waals surface area contributed by atoms with Gasteiger partial charge in [-0.3, -0.25) is 0 Å². The highest BCUT2D eigenvalue weighted by Gasteiger charge is 2.13. The van der Waals surface area contributed by atoms with Gasteiger partial charge in [0.2, 0.25) is 0 Å². The first-order chi connectivity index (χ1) is 9.81. The van der Waals surface area contributed by atoms with Crippen LogP contribution in [0.4, 0.5) is 0 Å². The Balaban J connectivity index is 2.15. The molecule has 0 fully saturated rings. The lowest BCUT2D eigenvalue weighted by Crippen LogP contribution is -1.97. The predicted molar refractivity (Wildman–Crippen MR) is 81.7 cm³/mol. The zero-order chi connectivity index (χ0) is 13.9. The van der Waals surface area contributed by atoms with Crippen molar-refractivity contribution in [1.82, 2.24) is 15.0 Å². The number of nitrogens with zero attached hydrogens (tertiary/aromatic N) is 4. The number of thioether (sulfide) groups is 1. The third-order valence-electron chi connectivity index (χ3n) is 2.80. The molecule has 98 valence electrons. The number of rotatable bonds is 3. The number of para-hydroxylation sites is 1. The van der Waals surface area contributed by atoms with E-state index < -0.39 is 0 Å². The monoisotopic (exact) mass is 298 g/mol. The standard InChI is InChI=1S/C14H10N4S2/c1-19-14-16-8-9(10(18-14)6-7-15)13-17-11-4-2-3-5-12(11)20-13/h2-5,8H,6H2,1H3. The van der Waals surface area contributed by atoms with E-state index >= 15 is 0 Å². The molecule has 0 N–H and O–H groups in total. The summed E-state index contributed by atoms with van der Waals surface area (Å²) in [4.78, 5) is 13.3. The van der Waals surface area contributed by atoms with Gasteiger partial charge in [0.15, 0.2) is 5.16 Å². The van der Waals surface area contributed by atoms with Gasteiger partial charge in [-0.25, -0.2) is 15.0 Å². The summed E-state index contributed by atoms with van der Waals surface area (Å²) in [6, 6.07) is 10.1. The zero-order valence-electron chi connectivity index (χ0n) is 10.7. The second kappa shape index (κ2) is 5.57. The Bertz CT molecular complexity index is 771. The summed E-state index contributed by atoms with van der Waals surface area (Å²) in [5.41, 5.74) is 2.56. The summed E-state index contributed by atoms with van der Waals surface area (Å²) < 4.78 is 1.12.